The fourth-order valence-electron chi connectivity index (χ4n) is 2.76. The van der Waals surface area contributed by atoms with E-state index >= 15 is 0 Å². The molecule has 3 rings (SSSR count). The van der Waals surface area contributed by atoms with E-state index in [1.165, 1.54) is 25.7 Å². The number of anilines is 1. The predicted octanol–water partition coefficient (Wildman–Crippen LogP) is 3.03. The first-order chi connectivity index (χ1) is 10.3. The van der Waals surface area contributed by atoms with Gasteiger partial charge in [0.05, 0.1) is 25.1 Å². The number of hydrogen-bond donors (Lipinski definition) is 0. The highest BCUT2D eigenvalue weighted by atomic mass is 16.5. The molecule has 1 saturated heterocycles. The first-order valence-corrected chi connectivity index (χ1v) is 7.46. The SMILES string of the molecule is COc1ccc2c(OC)nc(N3CCCCCC3)nc2c1. The van der Waals surface area contributed by atoms with Gasteiger partial charge in [0.15, 0.2) is 0 Å². The molecule has 0 atom stereocenters. The van der Waals surface area contributed by atoms with Crippen molar-refractivity contribution >= 4 is 16.9 Å². The molecule has 2 aromatic rings. The van der Waals surface area contributed by atoms with Crippen LogP contribution in [0.3, 0.4) is 0 Å². The lowest BCUT2D eigenvalue weighted by Gasteiger charge is -2.21. The second kappa shape index (κ2) is 6.16. The molecule has 0 bridgehead atoms. The van der Waals surface area contributed by atoms with Crippen molar-refractivity contribution in [3.05, 3.63) is 18.2 Å². The van der Waals surface area contributed by atoms with E-state index in [-0.39, 0.29) is 0 Å². The van der Waals surface area contributed by atoms with Crippen LogP contribution in [0.1, 0.15) is 25.7 Å². The second-order valence-electron chi connectivity index (χ2n) is 5.32. The minimum absolute atomic E-state index is 0.627. The maximum atomic E-state index is 5.45. The smallest absolute Gasteiger partial charge is 0.229 e. The molecule has 0 amide bonds. The fourth-order valence-corrected chi connectivity index (χ4v) is 2.76. The van der Waals surface area contributed by atoms with Crippen molar-refractivity contribution in [3.8, 4) is 11.6 Å². The van der Waals surface area contributed by atoms with Crippen molar-refractivity contribution in [1.82, 2.24) is 9.97 Å². The summed E-state index contributed by atoms with van der Waals surface area (Å²) < 4.78 is 10.7. The largest absolute Gasteiger partial charge is 0.497 e. The maximum absolute atomic E-state index is 5.45. The summed E-state index contributed by atoms with van der Waals surface area (Å²) in [6.07, 6.45) is 4.97. The van der Waals surface area contributed by atoms with Crippen LogP contribution in [0.2, 0.25) is 0 Å². The third kappa shape index (κ3) is 2.86. The Morgan fingerprint density at radius 1 is 0.952 bits per heavy atom. The summed E-state index contributed by atoms with van der Waals surface area (Å²) in [6, 6.07) is 5.78. The van der Waals surface area contributed by atoms with Crippen LogP contribution in [-0.2, 0) is 0 Å². The van der Waals surface area contributed by atoms with Gasteiger partial charge in [-0.2, -0.15) is 4.98 Å². The quantitative estimate of drug-likeness (QED) is 0.868. The van der Waals surface area contributed by atoms with Crippen LogP contribution < -0.4 is 14.4 Å². The van der Waals surface area contributed by atoms with Crippen LogP contribution in [0.25, 0.3) is 10.9 Å². The first-order valence-electron chi connectivity index (χ1n) is 7.46. The molecule has 2 heterocycles. The summed E-state index contributed by atoms with van der Waals surface area (Å²) in [7, 11) is 3.31. The van der Waals surface area contributed by atoms with Gasteiger partial charge in [0.2, 0.25) is 11.8 Å². The molecule has 1 aliphatic rings. The Morgan fingerprint density at radius 3 is 2.38 bits per heavy atom. The van der Waals surface area contributed by atoms with Crippen molar-refractivity contribution in [2.45, 2.75) is 25.7 Å². The predicted molar refractivity (Wildman–Crippen MR) is 83.3 cm³/mol. The molecular weight excluding hydrogens is 266 g/mol. The van der Waals surface area contributed by atoms with Crippen molar-refractivity contribution in [2.75, 3.05) is 32.2 Å². The monoisotopic (exact) mass is 287 g/mol. The Bertz CT molecular complexity index is 622. The fraction of sp³-hybridized carbons (Fsp3) is 0.500. The van der Waals surface area contributed by atoms with Gasteiger partial charge in [0, 0.05) is 19.2 Å². The van der Waals surface area contributed by atoms with Gasteiger partial charge >= 0.3 is 0 Å². The van der Waals surface area contributed by atoms with Gasteiger partial charge in [-0.1, -0.05) is 12.8 Å². The molecule has 1 aromatic heterocycles. The van der Waals surface area contributed by atoms with Crippen LogP contribution in [0.4, 0.5) is 5.95 Å². The van der Waals surface area contributed by atoms with E-state index in [1.807, 2.05) is 18.2 Å². The van der Waals surface area contributed by atoms with Crippen LogP contribution >= 0.6 is 0 Å². The molecule has 0 aliphatic carbocycles. The lowest BCUT2D eigenvalue weighted by atomic mass is 10.2. The first kappa shape index (κ1) is 13.9. The van der Waals surface area contributed by atoms with E-state index in [0.29, 0.717) is 5.88 Å². The van der Waals surface area contributed by atoms with E-state index in [1.54, 1.807) is 14.2 Å². The van der Waals surface area contributed by atoms with Crippen molar-refractivity contribution < 1.29 is 9.47 Å². The zero-order valence-corrected chi connectivity index (χ0v) is 12.6. The Morgan fingerprint density at radius 2 is 1.71 bits per heavy atom. The highest BCUT2D eigenvalue weighted by Crippen LogP contribution is 2.29. The zero-order chi connectivity index (χ0) is 14.7. The third-order valence-corrected chi connectivity index (χ3v) is 3.94. The molecule has 5 nitrogen and oxygen atoms in total. The summed E-state index contributed by atoms with van der Waals surface area (Å²) in [5.41, 5.74) is 0.862. The summed E-state index contributed by atoms with van der Waals surface area (Å²) in [6.45, 7) is 2.03. The zero-order valence-electron chi connectivity index (χ0n) is 12.6. The molecule has 112 valence electrons. The van der Waals surface area contributed by atoms with Gasteiger partial charge in [-0.25, -0.2) is 4.98 Å². The summed E-state index contributed by atoms with van der Waals surface area (Å²) >= 11 is 0. The number of ether oxygens (including phenoxy) is 2. The van der Waals surface area contributed by atoms with E-state index in [9.17, 15) is 0 Å². The van der Waals surface area contributed by atoms with Crippen molar-refractivity contribution in [3.63, 3.8) is 0 Å². The Hall–Kier alpha value is -2.04. The molecule has 1 fully saturated rings. The van der Waals surface area contributed by atoms with Gasteiger partial charge < -0.3 is 14.4 Å². The molecule has 21 heavy (non-hydrogen) atoms. The Kier molecular flexibility index (Phi) is 4.08. The standard InChI is InChI=1S/C16H21N3O2/c1-20-12-7-8-13-14(11-12)17-16(18-15(13)21-2)19-9-5-3-4-6-10-19/h7-8,11H,3-6,9-10H2,1-2H3. The Balaban J connectivity index is 2.05. The van der Waals surface area contributed by atoms with Crippen LogP contribution in [0.15, 0.2) is 18.2 Å². The van der Waals surface area contributed by atoms with E-state index < -0.39 is 0 Å². The topological polar surface area (TPSA) is 47.5 Å². The summed E-state index contributed by atoms with van der Waals surface area (Å²) in [4.78, 5) is 11.6. The van der Waals surface area contributed by atoms with Crippen molar-refractivity contribution in [1.29, 1.82) is 0 Å². The summed E-state index contributed by atoms with van der Waals surface area (Å²) in [5.74, 6) is 2.18. The van der Waals surface area contributed by atoms with Gasteiger partial charge in [0.25, 0.3) is 0 Å². The lowest BCUT2D eigenvalue weighted by Crippen LogP contribution is -2.26. The van der Waals surface area contributed by atoms with Gasteiger partial charge in [-0.05, 0) is 25.0 Å². The normalized spacial score (nSPS) is 15.8. The molecule has 0 saturated carbocycles. The maximum Gasteiger partial charge on any atom is 0.229 e. The van der Waals surface area contributed by atoms with Crippen molar-refractivity contribution in [2.24, 2.45) is 0 Å². The molecule has 1 aromatic carbocycles. The third-order valence-electron chi connectivity index (χ3n) is 3.94. The minimum Gasteiger partial charge on any atom is -0.497 e. The average molecular weight is 287 g/mol. The van der Waals surface area contributed by atoms with Gasteiger partial charge in [-0.3, -0.25) is 0 Å². The number of methoxy groups -OCH3 is 2. The van der Waals surface area contributed by atoms with E-state index in [2.05, 4.69) is 9.88 Å². The van der Waals surface area contributed by atoms with E-state index in [4.69, 9.17) is 14.5 Å². The number of benzene rings is 1. The molecule has 0 spiro atoms. The number of hydrogen-bond acceptors (Lipinski definition) is 5. The molecule has 0 unspecified atom stereocenters. The minimum atomic E-state index is 0.627. The summed E-state index contributed by atoms with van der Waals surface area (Å²) in [5, 5.41) is 0.914. The van der Waals surface area contributed by atoms with Gasteiger partial charge in [0.1, 0.15) is 5.75 Å². The highest BCUT2D eigenvalue weighted by molar-refractivity contribution is 5.85. The second-order valence-corrected chi connectivity index (χ2v) is 5.32. The molecule has 0 N–H and O–H groups in total. The molecular formula is C16H21N3O2. The average Bonchev–Trinajstić information content (AvgIpc) is 2.82. The lowest BCUT2D eigenvalue weighted by molar-refractivity contribution is 0.402. The van der Waals surface area contributed by atoms with E-state index in [0.717, 1.165) is 35.7 Å². The van der Waals surface area contributed by atoms with Crippen LogP contribution in [0.5, 0.6) is 11.6 Å². The van der Waals surface area contributed by atoms with Crippen LogP contribution in [-0.4, -0.2) is 37.3 Å². The highest BCUT2D eigenvalue weighted by Gasteiger charge is 2.16. The van der Waals surface area contributed by atoms with Crippen LogP contribution in [0, 0.1) is 0 Å². The Labute approximate surface area is 124 Å². The molecule has 1 aliphatic heterocycles. The molecule has 5 heteroatoms. The number of aromatic nitrogens is 2. The number of nitrogens with zero attached hydrogens (tertiary/aromatic N) is 3. The number of rotatable bonds is 3. The number of fused-ring (bicyclic) bond motifs is 1. The molecule has 0 radical (unpaired) electrons. The van der Waals surface area contributed by atoms with Gasteiger partial charge in [-0.15, -0.1) is 0 Å².